The second-order valence-electron chi connectivity index (χ2n) is 7.04. The van der Waals surface area contributed by atoms with Crippen LogP contribution in [-0.4, -0.2) is 16.0 Å². The summed E-state index contributed by atoms with van der Waals surface area (Å²) < 4.78 is 5.78. The third-order valence-electron chi connectivity index (χ3n) is 4.85. The minimum absolute atomic E-state index is 0.00388. The number of amides is 2. The zero-order chi connectivity index (χ0) is 23.5. The van der Waals surface area contributed by atoms with Crippen molar-refractivity contribution in [1.82, 2.24) is 4.90 Å². The summed E-state index contributed by atoms with van der Waals surface area (Å²) in [7, 11) is 0. The molecule has 9 heteroatoms. The summed E-state index contributed by atoms with van der Waals surface area (Å²) >= 11 is 25.7. The number of benzene rings is 3. The molecule has 2 amide bonds. The molecule has 4 nitrogen and oxygen atoms in total. The molecule has 3 aromatic rings. The number of hydrogen-bond acceptors (Lipinski definition) is 4. The molecule has 4 rings (SSSR count). The van der Waals surface area contributed by atoms with Gasteiger partial charge >= 0.3 is 0 Å². The van der Waals surface area contributed by atoms with Gasteiger partial charge < -0.3 is 4.74 Å². The van der Waals surface area contributed by atoms with Crippen LogP contribution in [0.1, 0.15) is 16.7 Å². The highest BCUT2D eigenvalue weighted by atomic mass is 35.5. The van der Waals surface area contributed by atoms with E-state index in [0.717, 1.165) is 22.2 Å². The lowest BCUT2D eigenvalue weighted by Crippen LogP contribution is -2.27. The fourth-order valence-electron chi connectivity index (χ4n) is 3.12. The number of halogens is 4. The molecule has 3 aromatic carbocycles. The Kier molecular flexibility index (Phi) is 7.57. The smallest absolute Gasteiger partial charge is 0.293 e. The molecule has 0 aliphatic carbocycles. The number of thioether (sulfide) groups is 1. The average Bonchev–Trinajstić information content (AvgIpc) is 3.04. The second kappa shape index (κ2) is 10.4. The normalized spacial score (nSPS) is 14.9. The fraction of sp³-hybridized carbons (Fsp3) is 0.0833. The van der Waals surface area contributed by atoms with Gasteiger partial charge in [0.2, 0.25) is 0 Å². The maximum absolute atomic E-state index is 12.9. The van der Waals surface area contributed by atoms with Crippen molar-refractivity contribution >= 4 is 75.4 Å². The maximum atomic E-state index is 12.9. The van der Waals surface area contributed by atoms with Gasteiger partial charge in [-0.15, -0.1) is 0 Å². The van der Waals surface area contributed by atoms with Gasteiger partial charge in [-0.05, 0) is 53.7 Å². The Morgan fingerprint density at radius 3 is 2.24 bits per heavy atom. The zero-order valence-corrected chi connectivity index (χ0v) is 20.7. The number of carbonyl (C=O) groups is 2. The number of rotatable bonds is 6. The number of nitrogens with zero attached hydrogens (tertiary/aromatic N) is 1. The van der Waals surface area contributed by atoms with Crippen LogP contribution in [0.3, 0.4) is 0 Å². The molecular weight excluding hydrogens is 524 g/mol. The molecule has 1 heterocycles. The van der Waals surface area contributed by atoms with Crippen molar-refractivity contribution in [3.63, 3.8) is 0 Å². The number of carbonyl (C=O) groups excluding carboxylic acids is 2. The van der Waals surface area contributed by atoms with Gasteiger partial charge in [0.25, 0.3) is 11.1 Å². The fourth-order valence-corrected chi connectivity index (χ4v) is 4.91. The third kappa shape index (κ3) is 5.51. The molecule has 0 aromatic heterocycles. The number of ether oxygens (including phenoxy) is 1. The first-order chi connectivity index (χ1) is 15.8. The quantitative estimate of drug-likeness (QED) is 0.297. The first-order valence-corrected chi connectivity index (χ1v) is 12.0. The van der Waals surface area contributed by atoms with Crippen molar-refractivity contribution in [3.05, 3.63) is 102 Å². The summed E-state index contributed by atoms with van der Waals surface area (Å²) in [5, 5.41) is 1.37. The van der Waals surface area contributed by atoms with E-state index in [1.807, 2.05) is 18.2 Å². The first-order valence-electron chi connectivity index (χ1n) is 9.67. The van der Waals surface area contributed by atoms with Gasteiger partial charge in [0, 0.05) is 26.2 Å². The zero-order valence-electron chi connectivity index (χ0n) is 16.9. The Morgan fingerprint density at radius 2 is 1.55 bits per heavy atom. The summed E-state index contributed by atoms with van der Waals surface area (Å²) in [6, 6.07) is 17.5. The Hall–Kier alpha value is -2.15. The van der Waals surface area contributed by atoms with Crippen LogP contribution < -0.4 is 4.74 Å². The minimum atomic E-state index is -0.420. The first kappa shape index (κ1) is 24.0. The molecule has 1 aliphatic heterocycles. The van der Waals surface area contributed by atoms with E-state index in [1.165, 1.54) is 0 Å². The molecule has 33 heavy (non-hydrogen) atoms. The Morgan fingerprint density at radius 1 is 0.848 bits per heavy atom. The van der Waals surface area contributed by atoms with Crippen LogP contribution in [0.25, 0.3) is 6.08 Å². The summed E-state index contributed by atoms with van der Waals surface area (Å²) in [6.07, 6.45) is 1.61. The standard InChI is InChI=1S/C24H15Cl4NO3S/c25-17-5-2-1-4-15(17)13-32-21-9-8-14(10-20(21)28)11-22-23(30)29(24(31)33-22)12-16-18(26)6-3-7-19(16)27/h1-11H,12-13H2/b22-11-. The van der Waals surface area contributed by atoms with Gasteiger partial charge in [0.15, 0.2) is 0 Å². The van der Waals surface area contributed by atoms with Crippen LogP contribution in [0, 0.1) is 0 Å². The summed E-state index contributed by atoms with van der Waals surface area (Å²) in [6.45, 7) is 0.262. The minimum Gasteiger partial charge on any atom is -0.487 e. The van der Waals surface area contributed by atoms with Gasteiger partial charge in [0.1, 0.15) is 12.4 Å². The van der Waals surface area contributed by atoms with Gasteiger partial charge in [0.05, 0.1) is 16.5 Å². The molecule has 0 spiro atoms. The van der Waals surface area contributed by atoms with E-state index in [2.05, 4.69) is 0 Å². The average molecular weight is 539 g/mol. The summed E-state index contributed by atoms with van der Waals surface area (Å²) in [5.74, 6) is 0.0614. The van der Waals surface area contributed by atoms with Crippen molar-refractivity contribution in [3.8, 4) is 5.75 Å². The molecule has 0 radical (unpaired) electrons. The molecule has 1 saturated heterocycles. The van der Waals surface area contributed by atoms with E-state index in [1.54, 1.807) is 48.5 Å². The molecule has 0 atom stereocenters. The predicted molar refractivity (Wildman–Crippen MR) is 135 cm³/mol. The molecule has 0 bridgehead atoms. The van der Waals surface area contributed by atoms with Crippen molar-refractivity contribution in [2.24, 2.45) is 0 Å². The van der Waals surface area contributed by atoms with E-state index in [-0.39, 0.29) is 18.1 Å². The lowest BCUT2D eigenvalue weighted by Gasteiger charge is -2.14. The van der Waals surface area contributed by atoms with Crippen LogP contribution in [0.5, 0.6) is 5.75 Å². The summed E-state index contributed by atoms with van der Waals surface area (Å²) in [5.41, 5.74) is 2.02. The highest BCUT2D eigenvalue weighted by molar-refractivity contribution is 8.18. The Labute approximate surface area is 215 Å². The SMILES string of the molecule is O=C1S/C(=C\c2ccc(OCc3ccccc3Cl)c(Cl)c2)C(=O)N1Cc1c(Cl)cccc1Cl. The van der Waals surface area contributed by atoms with Crippen LogP contribution in [0.4, 0.5) is 4.79 Å². The maximum Gasteiger partial charge on any atom is 0.293 e. The van der Waals surface area contributed by atoms with Gasteiger partial charge in [-0.2, -0.15) is 0 Å². The molecule has 0 unspecified atom stereocenters. The lowest BCUT2D eigenvalue weighted by atomic mass is 10.2. The number of imide groups is 1. The van der Waals surface area contributed by atoms with Gasteiger partial charge in [-0.1, -0.05) is 76.7 Å². The third-order valence-corrected chi connectivity index (χ3v) is 7.13. The van der Waals surface area contributed by atoms with Crippen molar-refractivity contribution in [2.75, 3.05) is 0 Å². The van der Waals surface area contributed by atoms with Gasteiger partial charge in [-0.25, -0.2) is 0 Å². The largest absolute Gasteiger partial charge is 0.487 e. The Balaban J connectivity index is 1.48. The van der Waals surface area contributed by atoms with Crippen molar-refractivity contribution < 1.29 is 14.3 Å². The van der Waals surface area contributed by atoms with Crippen LogP contribution in [0.15, 0.2) is 65.6 Å². The molecule has 0 saturated carbocycles. The van der Waals surface area contributed by atoms with Gasteiger partial charge in [-0.3, -0.25) is 14.5 Å². The molecular formula is C24H15Cl4NO3S. The summed E-state index contributed by atoms with van der Waals surface area (Å²) in [4.78, 5) is 26.7. The van der Waals surface area contributed by atoms with Crippen molar-refractivity contribution in [2.45, 2.75) is 13.2 Å². The second-order valence-corrected chi connectivity index (χ2v) is 9.66. The van der Waals surface area contributed by atoms with Crippen LogP contribution >= 0.6 is 58.2 Å². The predicted octanol–water partition coefficient (Wildman–Crippen LogP) is 8.12. The van der Waals surface area contributed by atoms with E-state index in [9.17, 15) is 9.59 Å². The molecule has 1 fully saturated rings. The highest BCUT2D eigenvalue weighted by Crippen LogP contribution is 2.36. The monoisotopic (exact) mass is 537 g/mol. The Bertz CT molecular complexity index is 1260. The highest BCUT2D eigenvalue weighted by Gasteiger charge is 2.35. The molecule has 0 N–H and O–H groups in total. The molecule has 1 aliphatic rings. The lowest BCUT2D eigenvalue weighted by molar-refractivity contribution is -0.123. The molecule has 168 valence electrons. The van der Waals surface area contributed by atoms with Crippen LogP contribution in [0.2, 0.25) is 20.1 Å². The van der Waals surface area contributed by atoms with E-state index in [4.69, 9.17) is 51.1 Å². The topological polar surface area (TPSA) is 46.6 Å². The number of hydrogen-bond donors (Lipinski definition) is 0. The van der Waals surface area contributed by atoms with E-state index >= 15 is 0 Å². The van der Waals surface area contributed by atoms with Crippen molar-refractivity contribution in [1.29, 1.82) is 0 Å². The van der Waals surface area contributed by atoms with E-state index < -0.39 is 11.1 Å². The van der Waals surface area contributed by atoms with Crippen LogP contribution in [-0.2, 0) is 17.9 Å². The van der Waals surface area contributed by atoms with E-state index in [0.29, 0.717) is 37.0 Å².